The van der Waals surface area contributed by atoms with Crippen LogP contribution in [0.1, 0.15) is 25.0 Å². The van der Waals surface area contributed by atoms with E-state index >= 15 is 0 Å². The molecule has 154 valence electrons. The van der Waals surface area contributed by atoms with E-state index < -0.39 is 21.4 Å². The Labute approximate surface area is 170 Å². The molecular formula is C21H24N2O5S. The van der Waals surface area contributed by atoms with Gasteiger partial charge in [0.2, 0.25) is 5.91 Å². The summed E-state index contributed by atoms with van der Waals surface area (Å²) in [4.78, 5) is 23.9. The van der Waals surface area contributed by atoms with E-state index in [-0.39, 0.29) is 18.4 Å². The number of hydrogen-bond donors (Lipinski definition) is 1. The Kier molecular flexibility index (Phi) is 6.22. The smallest absolute Gasteiger partial charge is 0.445 e. The largest absolute Gasteiger partial charge is 0.448 e. The molecule has 1 amide bonds. The number of nitrogens with one attached hydrogen (secondary N) is 1. The van der Waals surface area contributed by atoms with Crippen molar-refractivity contribution in [1.29, 1.82) is 0 Å². The molecule has 0 aliphatic carbocycles. The first-order chi connectivity index (χ1) is 13.8. The number of rotatable bonds is 5. The summed E-state index contributed by atoms with van der Waals surface area (Å²) in [5, 5.41) is 1.46. The van der Waals surface area contributed by atoms with Crippen molar-refractivity contribution in [3.8, 4) is 0 Å². The maximum Gasteiger partial charge on any atom is 0.445 e. The second kappa shape index (κ2) is 8.65. The van der Waals surface area contributed by atoms with Gasteiger partial charge in [0, 0.05) is 25.4 Å². The molecule has 1 unspecified atom stereocenters. The number of nitrogens with zero attached hydrogens (tertiary/aromatic N) is 1. The van der Waals surface area contributed by atoms with Gasteiger partial charge in [-0.1, -0.05) is 48.5 Å². The lowest BCUT2D eigenvalue weighted by Gasteiger charge is -2.40. The molecule has 2 aromatic carbocycles. The van der Waals surface area contributed by atoms with Crippen LogP contribution in [0.15, 0.2) is 54.6 Å². The molecule has 1 N–H and O–H groups in total. The summed E-state index contributed by atoms with van der Waals surface area (Å²) in [7, 11) is -4.41. The van der Waals surface area contributed by atoms with Gasteiger partial charge in [-0.3, -0.25) is 9.10 Å². The molecule has 29 heavy (non-hydrogen) atoms. The minimum Gasteiger partial charge on any atom is -0.448 e. The number of amides is 1. The van der Waals surface area contributed by atoms with Crippen LogP contribution < -0.4 is 9.62 Å². The molecule has 7 nitrogen and oxygen atoms in total. The van der Waals surface area contributed by atoms with Crippen LogP contribution in [0, 0.1) is 5.92 Å². The van der Waals surface area contributed by atoms with Gasteiger partial charge in [0.25, 0.3) is 0 Å². The highest BCUT2D eigenvalue weighted by molar-refractivity contribution is 8.06. The van der Waals surface area contributed by atoms with Gasteiger partial charge in [-0.15, -0.1) is 0 Å². The van der Waals surface area contributed by atoms with Crippen molar-refractivity contribution in [1.82, 2.24) is 5.32 Å². The quantitative estimate of drug-likeness (QED) is 0.757. The molecule has 3 rings (SSSR count). The molecule has 2 aromatic rings. The van der Waals surface area contributed by atoms with Gasteiger partial charge in [-0.05, 0) is 30.5 Å². The van der Waals surface area contributed by atoms with Crippen molar-refractivity contribution in [3.05, 3.63) is 65.7 Å². The lowest BCUT2D eigenvalue weighted by atomic mass is 9.88. The number of sulfonamides is 1. The second-order valence-electron chi connectivity index (χ2n) is 7.10. The minimum atomic E-state index is -4.41. The van der Waals surface area contributed by atoms with E-state index in [1.165, 1.54) is 6.92 Å². The summed E-state index contributed by atoms with van der Waals surface area (Å²) in [6.07, 6.45) is 0.600. The molecule has 8 heteroatoms. The van der Waals surface area contributed by atoms with Gasteiger partial charge in [-0.25, -0.2) is 4.79 Å². The third kappa shape index (κ3) is 4.59. The van der Waals surface area contributed by atoms with Gasteiger partial charge in [0.1, 0.15) is 6.61 Å². The van der Waals surface area contributed by atoms with Crippen molar-refractivity contribution < 1.29 is 22.7 Å². The average molecular weight is 416 g/mol. The summed E-state index contributed by atoms with van der Waals surface area (Å²) in [6, 6.07) is 15.4. The SMILES string of the molecule is CC(=O)NCC1Cc2ccccc2N(S(=O)(=O)C(=O)OCc2ccccc2)[C@@H]1C. The number of carbonyl (C=O) groups is 2. The minimum absolute atomic E-state index is 0.127. The summed E-state index contributed by atoms with van der Waals surface area (Å²) in [6.45, 7) is 3.34. The molecule has 0 bridgehead atoms. The summed E-state index contributed by atoms with van der Waals surface area (Å²) >= 11 is 0. The molecule has 0 saturated carbocycles. The molecular weight excluding hydrogens is 392 g/mol. The Morgan fingerprint density at radius 3 is 2.45 bits per heavy atom. The Hall–Kier alpha value is -2.87. The number of carbonyl (C=O) groups excluding carboxylic acids is 2. The zero-order valence-corrected chi connectivity index (χ0v) is 17.2. The highest BCUT2D eigenvalue weighted by Crippen LogP contribution is 2.36. The van der Waals surface area contributed by atoms with E-state index in [0.717, 1.165) is 9.87 Å². The average Bonchev–Trinajstić information content (AvgIpc) is 2.70. The van der Waals surface area contributed by atoms with Crippen LogP contribution in [0.3, 0.4) is 0 Å². The van der Waals surface area contributed by atoms with Crippen LogP contribution >= 0.6 is 0 Å². The molecule has 0 aromatic heterocycles. The normalized spacial score (nSPS) is 18.6. The standard InChI is InChI=1S/C21H24N2O5S/c1-15-19(13-22-16(2)24)12-18-10-6-7-11-20(18)23(15)29(26,27)21(25)28-14-17-8-4-3-5-9-17/h3-11,15,19H,12-14H2,1-2H3,(H,22,24)/t15-,19?/m1/s1. The van der Waals surface area contributed by atoms with Crippen molar-refractivity contribution >= 4 is 26.9 Å². The summed E-state index contributed by atoms with van der Waals surface area (Å²) in [5.41, 5.74) is 1.97. The van der Waals surface area contributed by atoms with E-state index in [4.69, 9.17) is 4.74 Å². The van der Waals surface area contributed by atoms with Crippen molar-refractivity contribution in [2.75, 3.05) is 10.8 Å². The topological polar surface area (TPSA) is 92.8 Å². The zero-order valence-electron chi connectivity index (χ0n) is 16.4. The molecule has 1 aliphatic rings. The number of fused-ring (bicyclic) bond motifs is 1. The molecule has 0 radical (unpaired) electrons. The van der Waals surface area contributed by atoms with Gasteiger partial charge in [0.05, 0.1) is 5.69 Å². The van der Waals surface area contributed by atoms with Gasteiger partial charge < -0.3 is 10.1 Å². The Morgan fingerprint density at radius 2 is 1.76 bits per heavy atom. The van der Waals surface area contributed by atoms with E-state index in [0.29, 0.717) is 24.2 Å². The predicted octanol–water partition coefficient (Wildman–Crippen LogP) is 2.86. The fourth-order valence-electron chi connectivity index (χ4n) is 3.50. The van der Waals surface area contributed by atoms with E-state index in [2.05, 4.69) is 5.32 Å². The van der Waals surface area contributed by atoms with Crippen LogP contribution in [0.2, 0.25) is 0 Å². The number of benzene rings is 2. The number of para-hydroxylation sites is 1. The molecule has 0 spiro atoms. The summed E-state index contributed by atoms with van der Waals surface area (Å²) in [5.74, 6) is -0.363. The highest BCUT2D eigenvalue weighted by Gasteiger charge is 2.42. The predicted molar refractivity (Wildman–Crippen MR) is 110 cm³/mol. The van der Waals surface area contributed by atoms with Crippen LogP contribution in [-0.4, -0.2) is 32.2 Å². The van der Waals surface area contributed by atoms with E-state index in [1.54, 1.807) is 43.3 Å². The van der Waals surface area contributed by atoms with E-state index in [1.807, 2.05) is 18.2 Å². The lowest BCUT2D eigenvalue weighted by molar-refractivity contribution is -0.119. The second-order valence-corrected chi connectivity index (χ2v) is 8.77. The fraction of sp³-hybridized carbons (Fsp3) is 0.333. The monoisotopic (exact) mass is 416 g/mol. The highest BCUT2D eigenvalue weighted by atomic mass is 32.2. The number of ether oxygens (including phenoxy) is 1. The first kappa shape index (κ1) is 20.9. The van der Waals surface area contributed by atoms with Crippen LogP contribution in [-0.2, 0) is 32.6 Å². The molecule has 0 fully saturated rings. The first-order valence-electron chi connectivity index (χ1n) is 9.38. The van der Waals surface area contributed by atoms with Crippen molar-refractivity contribution in [2.45, 2.75) is 32.9 Å². The Bertz CT molecular complexity index is 991. The molecule has 1 aliphatic heterocycles. The maximum atomic E-state index is 13.1. The fourth-order valence-corrected chi connectivity index (χ4v) is 4.91. The number of hydrogen-bond acceptors (Lipinski definition) is 5. The first-order valence-corrected chi connectivity index (χ1v) is 10.8. The van der Waals surface area contributed by atoms with Crippen LogP contribution in [0.4, 0.5) is 10.5 Å². The number of anilines is 1. The summed E-state index contributed by atoms with van der Waals surface area (Å²) < 4.78 is 32.5. The van der Waals surface area contributed by atoms with Gasteiger partial charge in [-0.2, -0.15) is 8.42 Å². The lowest BCUT2D eigenvalue weighted by Crippen LogP contribution is -2.51. The van der Waals surface area contributed by atoms with Gasteiger partial charge in [0.15, 0.2) is 0 Å². The molecule has 1 heterocycles. The zero-order chi connectivity index (χ0) is 21.0. The third-order valence-electron chi connectivity index (χ3n) is 5.05. The third-order valence-corrected chi connectivity index (χ3v) is 6.63. The van der Waals surface area contributed by atoms with Gasteiger partial charge >= 0.3 is 15.3 Å². The van der Waals surface area contributed by atoms with Crippen molar-refractivity contribution in [2.24, 2.45) is 5.92 Å². The molecule has 0 saturated heterocycles. The Balaban J connectivity index is 1.86. The maximum absolute atomic E-state index is 13.1. The van der Waals surface area contributed by atoms with Crippen molar-refractivity contribution in [3.63, 3.8) is 0 Å². The van der Waals surface area contributed by atoms with Crippen LogP contribution in [0.25, 0.3) is 0 Å². The van der Waals surface area contributed by atoms with E-state index in [9.17, 15) is 18.0 Å². The Morgan fingerprint density at radius 1 is 1.10 bits per heavy atom. The molecule has 2 atom stereocenters. The van der Waals surface area contributed by atoms with Crippen LogP contribution in [0.5, 0.6) is 0 Å².